The highest BCUT2D eigenvalue weighted by molar-refractivity contribution is 7.13. The van der Waals surface area contributed by atoms with Gasteiger partial charge in [0.25, 0.3) is 12.3 Å². The summed E-state index contributed by atoms with van der Waals surface area (Å²) in [7, 11) is 0. The molecular formula is C34H33ClF6N8O3S. The number of carbonyl (C=O) groups is 2. The molecule has 2 amide bonds. The topological polar surface area (TPSA) is 138 Å². The summed E-state index contributed by atoms with van der Waals surface area (Å²) in [6.45, 7) is 6.40. The Morgan fingerprint density at radius 2 is 1.87 bits per heavy atom. The fraction of sp³-hybridized carbons (Fsp3) is 0.412. The summed E-state index contributed by atoms with van der Waals surface area (Å²) in [5.74, 6) is -2.91. The maximum Gasteiger partial charge on any atom is 0.411 e. The van der Waals surface area contributed by atoms with E-state index < -0.39 is 71.3 Å². The van der Waals surface area contributed by atoms with E-state index in [0.29, 0.717) is 11.3 Å². The van der Waals surface area contributed by atoms with Gasteiger partial charge in [-0.1, -0.05) is 50.6 Å². The minimum atomic E-state index is -4.75. The van der Waals surface area contributed by atoms with E-state index >= 15 is 4.39 Å². The van der Waals surface area contributed by atoms with E-state index in [1.165, 1.54) is 41.7 Å². The van der Waals surface area contributed by atoms with Gasteiger partial charge in [-0.25, -0.2) is 32.6 Å². The first-order valence-corrected chi connectivity index (χ1v) is 17.4. The van der Waals surface area contributed by atoms with Gasteiger partial charge >= 0.3 is 12.3 Å². The van der Waals surface area contributed by atoms with Crippen LogP contribution >= 0.6 is 22.9 Å². The van der Waals surface area contributed by atoms with E-state index in [9.17, 15) is 31.5 Å². The lowest BCUT2D eigenvalue weighted by atomic mass is 9.75. The second-order valence-electron chi connectivity index (χ2n) is 14.1. The number of halogens is 7. The first-order chi connectivity index (χ1) is 24.8. The van der Waals surface area contributed by atoms with Gasteiger partial charge in [-0.2, -0.15) is 18.3 Å². The number of ether oxygens (including phenoxy) is 1. The molecule has 1 aliphatic heterocycles. The molecule has 1 saturated carbocycles. The minimum absolute atomic E-state index is 0.0433. The van der Waals surface area contributed by atoms with Crippen molar-refractivity contribution in [2.45, 2.75) is 76.7 Å². The van der Waals surface area contributed by atoms with Crippen molar-refractivity contribution in [2.75, 3.05) is 6.61 Å². The van der Waals surface area contributed by atoms with Gasteiger partial charge in [-0.15, -0.1) is 11.3 Å². The average molecular weight is 783 g/mol. The predicted molar refractivity (Wildman–Crippen MR) is 182 cm³/mol. The number of hydrogen-bond acceptors (Lipinski definition) is 8. The number of nitrogens with one attached hydrogen (secondary N) is 3. The van der Waals surface area contributed by atoms with Crippen molar-refractivity contribution in [1.82, 2.24) is 35.3 Å². The molecule has 2 atom stereocenters. The lowest BCUT2D eigenvalue weighted by molar-refractivity contribution is -0.164. The molecule has 3 heterocycles. The summed E-state index contributed by atoms with van der Waals surface area (Å²) in [6, 6.07) is 6.79. The summed E-state index contributed by atoms with van der Waals surface area (Å²) in [6.07, 6.45) is -9.15. The molecule has 1 aliphatic carbocycles. The Morgan fingerprint density at radius 1 is 1.15 bits per heavy atom. The second-order valence-corrected chi connectivity index (χ2v) is 15.4. The molecule has 53 heavy (non-hydrogen) atoms. The van der Waals surface area contributed by atoms with Crippen LogP contribution in [0.25, 0.3) is 16.1 Å². The molecule has 0 radical (unpaired) electrons. The van der Waals surface area contributed by atoms with Gasteiger partial charge in [0.2, 0.25) is 0 Å². The van der Waals surface area contributed by atoms with E-state index in [4.69, 9.17) is 21.7 Å². The molecule has 0 bridgehead atoms. The fourth-order valence-electron chi connectivity index (χ4n) is 6.49. The Kier molecular flexibility index (Phi) is 9.76. The summed E-state index contributed by atoms with van der Waals surface area (Å²) < 4.78 is 90.9. The van der Waals surface area contributed by atoms with Crippen molar-refractivity contribution in [3.05, 3.63) is 81.7 Å². The van der Waals surface area contributed by atoms with Gasteiger partial charge in [0.15, 0.2) is 11.8 Å². The zero-order chi connectivity index (χ0) is 38.7. The third-order valence-electron chi connectivity index (χ3n) is 9.06. The molecular weight excluding hydrogens is 750 g/mol. The third kappa shape index (κ3) is 7.17. The van der Waals surface area contributed by atoms with Crippen molar-refractivity contribution in [3.63, 3.8) is 0 Å². The molecule has 19 heteroatoms. The van der Waals surface area contributed by atoms with Crippen molar-refractivity contribution >= 4 is 40.9 Å². The number of aromatic nitrogens is 4. The summed E-state index contributed by atoms with van der Waals surface area (Å²) in [5.41, 5.74) is -2.34. The molecule has 6 rings (SSSR count). The first kappa shape index (κ1) is 38.0. The number of alkyl carbamates (subject to hydrolysis) is 1. The number of nitrogens with zero attached hydrogens (tertiary/aromatic N) is 5. The molecule has 0 spiro atoms. The van der Waals surface area contributed by atoms with E-state index in [2.05, 4.69) is 20.4 Å². The molecule has 1 saturated heterocycles. The highest BCUT2D eigenvalue weighted by Crippen LogP contribution is 2.49. The number of amides is 2. The van der Waals surface area contributed by atoms with Crippen molar-refractivity contribution in [1.29, 1.82) is 5.41 Å². The molecule has 2 aliphatic rings. The van der Waals surface area contributed by atoms with E-state index in [1.54, 1.807) is 18.5 Å². The Morgan fingerprint density at radius 3 is 2.45 bits per heavy atom. The number of thiazole rings is 1. The number of carbonyl (C=O) groups excluding carboxylic acids is 2. The van der Waals surface area contributed by atoms with E-state index in [1.807, 2.05) is 26.1 Å². The van der Waals surface area contributed by atoms with Crippen LogP contribution in [0.5, 0.6) is 0 Å². The Bertz CT molecular complexity index is 2080. The van der Waals surface area contributed by atoms with Gasteiger partial charge in [0.05, 0.1) is 32.8 Å². The third-order valence-corrected chi connectivity index (χ3v) is 10.4. The number of aryl methyl sites for hydroxylation is 1. The van der Waals surface area contributed by atoms with Gasteiger partial charge in [-0.05, 0) is 60.9 Å². The number of guanidine groups is 1. The van der Waals surface area contributed by atoms with Gasteiger partial charge in [-0.3, -0.25) is 15.1 Å². The monoisotopic (exact) mass is 782 g/mol. The molecule has 4 aromatic rings. The average Bonchev–Trinajstić information content (AvgIpc) is 3.37. The van der Waals surface area contributed by atoms with Crippen molar-refractivity contribution in [2.24, 2.45) is 5.41 Å². The van der Waals surface area contributed by atoms with Crippen LogP contribution in [0.4, 0.5) is 31.1 Å². The van der Waals surface area contributed by atoms with Crippen LogP contribution < -0.4 is 10.6 Å². The van der Waals surface area contributed by atoms with Crippen LogP contribution in [0.3, 0.4) is 0 Å². The van der Waals surface area contributed by atoms with Crippen molar-refractivity contribution < 1.29 is 40.7 Å². The van der Waals surface area contributed by atoms with Gasteiger partial charge in [0, 0.05) is 5.56 Å². The van der Waals surface area contributed by atoms with Crippen LogP contribution in [0.2, 0.25) is 5.02 Å². The Labute approximate surface area is 308 Å². The Hall–Kier alpha value is -4.71. The zero-order valence-electron chi connectivity index (χ0n) is 28.6. The summed E-state index contributed by atoms with van der Waals surface area (Å²) in [4.78, 5) is 37.1. The number of hydrogen-bond donors (Lipinski definition) is 3. The first-order valence-electron chi connectivity index (χ1n) is 16.2. The van der Waals surface area contributed by atoms with Gasteiger partial charge < -0.3 is 15.4 Å². The highest BCUT2D eigenvalue weighted by Gasteiger charge is 2.65. The molecule has 2 aromatic carbocycles. The van der Waals surface area contributed by atoms with Crippen LogP contribution in [0.1, 0.15) is 75.1 Å². The number of alkyl halides is 5. The Balaban J connectivity index is 1.43. The number of rotatable bonds is 10. The molecule has 2 fully saturated rings. The fourth-order valence-corrected chi connectivity index (χ4v) is 7.49. The lowest BCUT2D eigenvalue weighted by Crippen LogP contribution is -2.49. The maximum absolute atomic E-state index is 16.3. The smallest absolute Gasteiger partial charge is 0.411 e. The predicted octanol–water partition coefficient (Wildman–Crippen LogP) is 7.99. The van der Waals surface area contributed by atoms with Crippen LogP contribution in [-0.2, 0) is 15.1 Å². The largest absolute Gasteiger partial charge is 0.447 e. The van der Waals surface area contributed by atoms with Crippen LogP contribution in [0, 0.1) is 23.6 Å². The van der Waals surface area contributed by atoms with Crippen LogP contribution in [0.15, 0.2) is 48.2 Å². The summed E-state index contributed by atoms with van der Waals surface area (Å²) in [5, 5.41) is 17.5. The van der Waals surface area contributed by atoms with E-state index in [-0.39, 0.29) is 41.1 Å². The van der Waals surface area contributed by atoms with Gasteiger partial charge in [0.1, 0.15) is 29.8 Å². The lowest BCUT2D eigenvalue weighted by Gasteiger charge is -2.35. The van der Waals surface area contributed by atoms with Crippen LogP contribution in [-0.4, -0.2) is 60.9 Å². The molecule has 2 aromatic heterocycles. The van der Waals surface area contributed by atoms with E-state index in [0.717, 1.165) is 20.8 Å². The molecule has 282 valence electrons. The summed E-state index contributed by atoms with van der Waals surface area (Å²) >= 11 is 7.70. The van der Waals surface area contributed by atoms with Crippen molar-refractivity contribution in [3.8, 4) is 16.1 Å². The maximum atomic E-state index is 16.3. The highest BCUT2D eigenvalue weighted by atomic mass is 35.5. The minimum Gasteiger partial charge on any atom is -0.447 e. The molecule has 0 unspecified atom stereocenters. The zero-order valence-corrected chi connectivity index (χ0v) is 30.2. The molecule has 3 N–H and O–H groups in total. The normalized spacial score (nSPS) is 19.1. The SMILES string of the molecule is Cc1ncsc1-c1ccc([C@@]2(CC(C)(C)C)NC(=N)N([C@H](COC(=O)NC3(C(F)(F)F)CC3)c3ccc(Cl)c(-n4ncnc4C(F)F)c3)C2=O)c(F)c1. The molecule has 11 nitrogen and oxygen atoms in total. The standard InChI is InChI=1S/C34H33ClF6N8O3S/c1-17-25(53-16-44-17)19-5-7-20(22(36)11-19)33(14-31(2,3)4)28(50)48(29(42)46-33)24(13-52-30(51)47-32(9-10-32)34(39,40)41)18-6-8-21(35)23(12-18)49-27(26(37)38)43-15-45-49/h5-8,11-12,15-16,24,26H,9-10,13-14H2,1-4H3,(H2,42,46)(H,47,51)/t24-,33-/m1/s1. The second kappa shape index (κ2) is 13.6. The number of benzene rings is 2. The quantitative estimate of drug-likeness (QED) is 0.139.